The molecule has 18 heavy (non-hydrogen) atoms. The van der Waals surface area contributed by atoms with Crippen LogP contribution in [0.25, 0.3) is 0 Å². The molecule has 92 valence electrons. The van der Waals surface area contributed by atoms with Crippen molar-refractivity contribution in [3.05, 3.63) is 69.0 Å². The van der Waals surface area contributed by atoms with Crippen LogP contribution in [-0.4, -0.2) is 5.78 Å². The van der Waals surface area contributed by atoms with E-state index in [0.717, 1.165) is 6.07 Å². The molecule has 1 nitrogen and oxygen atoms in total. The van der Waals surface area contributed by atoms with Crippen molar-refractivity contribution in [2.45, 2.75) is 6.92 Å². The van der Waals surface area contributed by atoms with E-state index in [1.807, 2.05) is 0 Å². The van der Waals surface area contributed by atoms with Crippen LogP contribution < -0.4 is 0 Å². The molecule has 0 unspecified atom stereocenters. The first kappa shape index (κ1) is 13.1. The van der Waals surface area contributed by atoms with Gasteiger partial charge in [0, 0.05) is 15.6 Å². The van der Waals surface area contributed by atoms with Crippen molar-refractivity contribution in [3.63, 3.8) is 0 Å². The number of ketones is 1. The van der Waals surface area contributed by atoms with Gasteiger partial charge in [-0.3, -0.25) is 4.79 Å². The zero-order valence-electron chi connectivity index (χ0n) is 9.51. The van der Waals surface area contributed by atoms with E-state index >= 15 is 0 Å². The van der Waals surface area contributed by atoms with Gasteiger partial charge in [-0.1, -0.05) is 35.3 Å². The van der Waals surface area contributed by atoms with E-state index in [1.54, 1.807) is 25.1 Å². The van der Waals surface area contributed by atoms with Crippen LogP contribution in [0.1, 0.15) is 21.5 Å². The van der Waals surface area contributed by atoms with Gasteiger partial charge in [0.1, 0.15) is 5.82 Å². The third kappa shape index (κ3) is 2.40. The Kier molecular flexibility index (Phi) is 3.69. The highest BCUT2D eigenvalue weighted by Crippen LogP contribution is 2.23. The Morgan fingerprint density at radius 1 is 1.11 bits per heavy atom. The number of hydrogen-bond donors (Lipinski definition) is 0. The van der Waals surface area contributed by atoms with E-state index in [4.69, 9.17) is 23.2 Å². The highest BCUT2D eigenvalue weighted by Gasteiger charge is 2.17. The summed E-state index contributed by atoms with van der Waals surface area (Å²) >= 11 is 11.6. The summed E-state index contributed by atoms with van der Waals surface area (Å²) < 4.78 is 13.7. The molecule has 0 N–H and O–H groups in total. The highest BCUT2D eigenvalue weighted by molar-refractivity contribution is 6.32. The average molecular weight is 283 g/mol. The molecule has 2 aromatic rings. The Labute approximate surface area is 114 Å². The van der Waals surface area contributed by atoms with Crippen LogP contribution in [-0.2, 0) is 0 Å². The first-order valence-corrected chi connectivity index (χ1v) is 6.01. The molecule has 0 fully saturated rings. The van der Waals surface area contributed by atoms with Crippen molar-refractivity contribution < 1.29 is 9.18 Å². The summed E-state index contributed by atoms with van der Waals surface area (Å²) in [6.07, 6.45) is 0. The minimum Gasteiger partial charge on any atom is -0.288 e. The second-order valence-electron chi connectivity index (χ2n) is 3.87. The van der Waals surface area contributed by atoms with E-state index in [-0.39, 0.29) is 10.6 Å². The minimum absolute atomic E-state index is 0.00948. The number of benzene rings is 2. The number of hydrogen-bond acceptors (Lipinski definition) is 1. The van der Waals surface area contributed by atoms with E-state index in [1.165, 1.54) is 12.1 Å². The molecule has 0 aliphatic heterocycles. The van der Waals surface area contributed by atoms with Crippen molar-refractivity contribution in [2.24, 2.45) is 0 Å². The van der Waals surface area contributed by atoms with Crippen molar-refractivity contribution >= 4 is 29.0 Å². The maximum Gasteiger partial charge on any atom is 0.196 e. The van der Waals surface area contributed by atoms with Gasteiger partial charge in [0.25, 0.3) is 0 Å². The molecule has 0 saturated heterocycles. The monoisotopic (exact) mass is 282 g/mol. The molecule has 0 bridgehead atoms. The van der Waals surface area contributed by atoms with Crippen LogP contribution in [0.15, 0.2) is 36.4 Å². The Bertz CT molecular complexity index is 623. The second-order valence-corrected chi connectivity index (χ2v) is 4.71. The third-order valence-corrected chi connectivity index (χ3v) is 3.33. The molecule has 0 spiro atoms. The van der Waals surface area contributed by atoms with E-state index < -0.39 is 11.6 Å². The molecule has 0 aliphatic carbocycles. The molecular formula is C14H9Cl2FO. The fourth-order valence-corrected chi connectivity index (χ4v) is 2.01. The molecule has 0 amide bonds. The number of halogens is 3. The zero-order valence-corrected chi connectivity index (χ0v) is 11.0. The lowest BCUT2D eigenvalue weighted by atomic mass is 9.99. The van der Waals surface area contributed by atoms with Crippen molar-refractivity contribution in [1.82, 2.24) is 0 Å². The smallest absolute Gasteiger partial charge is 0.196 e. The number of carbonyl (C=O) groups excluding carboxylic acids is 1. The van der Waals surface area contributed by atoms with E-state index in [2.05, 4.69) is 0 Å². The van der Waals surface area contributed by atoms with E-state index in [0.29, 0.717) is 16.1 Å². The zero-order chi connectivity index (χ0) is 13.3. The Hall–Kier alpha value is -1.38. The van der Waals surface area contributed by atoms with Gasteiger partial charge in [-0.05, 0) is 36.8 Å². The standard InChI is InChI=1S/C14H9Cl2FO/c1-8-10(3-2-4-12(8)16)14(18)11-6-5-9(15)7-13(11)17/h2-7H,1H3. The lowest BCUT2D eigenvalue weighted by Crippen LogP contribution is -2.06. The number of carbonyl (C=O) groups is 1. The molecule has 0 aromatic heterocycles. The summed E-state index contributed by atoms with van der Waals surface area (Å²) in [6.45, 7) is 1.73. The molecule has 0 radical (unpaired) electrons. The Morgan fingerprint density at radius 2 is 1.83 bits per heavy atom. The highest BCUT2D eigenvalue weighted by atomic mass is 35.5. The molecule has 2 aromatic carbocycles. The molecule has 4 heteroatoms. The van der Waals surface area contributed by atoms with Gasteiger partial charge in [-0.25, -0.2) is 4.39 Å². The van der Waals surface area contributed by atoms with Gasteiger partial charge in [0.2, 0.25) is 0 Å². The number of rotatable bonds is 2. The normalized spacial score (nSPS) is 10.4. The van der Waals surface area contributed by atoms with Crippen molar-refractivity contribution in [1.29, 1.82) is 0 Å². The molecule has 0 aliphatic rings. The first-order chi connectivity index (χ1) is 8.50. The second kappa shape index (κ2) is 5.09. The molecule has 0 saturated carbocycles. The summed E-state index contributed by atoms with van der Waals surface area (Å²) in [4.78, 5) is 12.2. The lowest BCUT2D eigenvalue weighted by molar-refractivity contribution is 0.103. The Morgan fingerprint density at radius 3 is 2.50 bits per heavy atom. The summed E-state index contributed by atoms with van der Waals surface area (Å²) in [5.74, 6) is -1.03. The third-order valence-electron chi connectivity index (χ3n) is 2.69. The van der Waals surface area contributed by atoms with Crippen LogP contribution >= 0.6 is 23.2 Å². The van der Waals surface area contributed by atoms with Gasteiger partial charge in [0.15, 0.2) is 5.78 Å². The van der Waals surface area contributed by atoms with Crippen molar-refractivity contribution in [2.75, 3.05) is 0 Å². The summed E-state index contributed by atoms with van der Waals surface area (Å²) in [5, 5.41) is 0.738. The molecular weight excluding hydrogens is 274 g/mol. The Balaban J connectivity index is 2.51. The van der Waals surface area contributed by atoms with Crippen LogP contribution in [0.3, 0.4) is 0 Å². The van der Waals surface area contributed by atoms with Crippen LogP contribution in [0, 0.1) is 12.7 Å². The fraction of sp³-hybridized carbons (Fsp3) is 0.0714. The van der Waals surface area contributed by atoms with E-state index in [9.17, 15) is 9.18 Å². The summed E-state index contributed by atoms with van der Waals surface area (Å²) in [6, 6.07) is 8.95. The van der Waals surface area contributed by atoms with Gasteiger partial charge in [0.05, 0.1) is 5.56 Å². The predicted molar refractivity (Wildman–Crippen MR) is 71.0 cm³/mol. The van der Waals surface area contributed by atoms with Gasteiger partial charge in [-0.15, -0.1) is 0 Å². The molecule has 0 atom stereocenters. The van der Waals surface area contributed by atoms with Crippen LogP contribution in [0.4, 0.5) is 4.39 Å². The summed E-state index contributed by atoms with van der Waals surface area (Å²) in [5.41, 5.74) is 1.02. The SMILES string of the molecule is Cc1c(Cl)cccc1C(=O)c1ccc(Cl)cc1F. The predicted octanol–water partition coefficient (Wildman–Crippen LogP) is 4.67. The van der Waals surface area contributed by atoms with Crippen LogP contribution in [0.5, 0.6) is 0 Å². The molecule has 0 heterocycles. The largest absolute Gasteiger partial charge is 0.288 e. The van der Waals surface area contributed by atoms with Gasteiger partial charge >= 0.3 is 0 Å². The van der Waals surface area contributed by atoms with Crippen LogP contribution in [0.2, 0.25) is 10.0 Å². The van der Waals surface area contributed by atoms with Crippen molar-refractivity contribution in [3.8, 4) is 0 Å². The average Bonchev–Trinajstić information content (AvgIpc) is 2.32. The first-order valence-electron chi connectivity index (χ1n) is 5.25. The van der Waals surface area contributed by atoms with Gasteiger partial charge in [-0.2, -0.15) is 0 Å². The summed E-state index contributed by atoms with van der Waals surface area (Å²) in [7, 11) is 0. The fourth-order valence-electron chi connectivity index (χ4n) is 1.67. The maximum absolute atomic E-state index is 13.7. The minimum atomic E-state index is -0.633. The van der Waals surface area contributed by atoms with Gasteiger partial charge < -0.3 is 0 Å². The molecule has 2 rings (SSSR count). The topological polar surface area (TPSA) is 17.1 Å². The lowest BCUT2D eigenvalue weighted by Gasteiger charge is -2.07. The quantitative estimate of drug-likeness (QED) is 0.732. The maximum atomic E-state index is 13.7.